The van der Waals surface area contributed by atoms with Crippen molar-refractivity contribution < 1.29 is 19.0 Å². The molecule has 0 atom stereocenters. The molecule has 0 fully saturated rings. The number of hydrogen-bond donors (Lipinski definition) is 0. The highest BCUT2D eigenvalue weighted by Gasteiger charge is 2.20. The topological polar surface area (TPSA) is 75.5 Å². The highest BCUT2D eigenvalue weighted by molar-refractivity contribution is 5.88. The second-order valence-electron chi connectivity index (χ2n) is 4.19. The minimum Gasteiger partial charge on any atom is -0.492 e. The SMILES string of the molecule is COCc1c(C(=O)OC)nnn1CCOc1ccccc1. The van der Waals surface area contributed by atoms with Crippen LogP contribution in [0, 0.1) is 0 Å². The molecule has 1 heterocycles. The first kappa shape index (κ1) is 15.0. The lowest BCUT2D eigenvalue weighted by atomic mass is 10.3. The molecule has 112 valence electrons. The van der Waals surface area contributed by atoms with Gasteiger partial charge in [-0.2, -0.15) is 0 Å². The largest absolute Gasteiger partial charge is 0.492 e. The van der Waals surface area contributed by atoms with E-state index in [4.69, 9.17) is 9.47 Å². The zero-order chi connectivity index (χ0) is 15.1. The normalized spacial score (nSPS) is 10.4. The number of esters is 1. The predicted octanol–water partition coefficient (Wildman–Crippen LogP) is 1.29. The van der Waals surface area contributed by atoms with Crippen LogP contribution in [0.25, 0.3) is 0 Å². The van der Waals surface area contributed by atoms with Gasteiger partial charge in [0.05, 0.1) is 26.0 Å². The molecule has 0 N–H and O–H groups in total. The fourth-order valence-electron chi connectivity index (χ4n) is 1.81. The number of rotatable bonds is 7. The van der Waals surface area contributed by atoms with Crippen LogP contribution in [0.4, 0.5) is 0 Å². The fraction of sp³-hybridized carbons (Fsp3) is 0.357. The molecule has 0 saturated carbocycles. The molecule has 0 aliphatic heterocycles. The van der Waals surface area contributed by atoms with Gasteiger partial charge in [0.15, 0.2) is 5.69 Å². The standard InChI is InChI=1S/C14H17N3O4/c1-19-10-12-13(14(18)20-2)15-16-17(12)8-9-21-11-6-4-3-5-7-11/h3-7H,8-10H2,1-2H3. The second kappa shape index (κ2) is 7.39. The highest BCUT2D eigenvalue weighted by atomic mass is 16.5. The average Bonchev–Trinajstić information content (AvgIpc) is 2.91. The number of carbonyl (C=O) groups is 1. The quantitative estimate of drug-likeness (QED) is 0.716. The van der Waals surface area contributed by atoms with Crippen molar-refractivity contribution in [3.05, 3.63) is 41.7 Å². The summed E-state index contributed by atoms with van der Waals surface area (Å²) < 4.78 is 16.9. The Morgan fingerprint density at radius 2 is 2.00 bits per heavy atom. The summed E-state index contributed by atoms with van der Waals surface area (Å²) in [6.45, 7) is 1.09. The van der Waals surface area contributed by atoms with Gasteiger partial charge in [-0.1, -0.05) is 23.4 Å². The minimum atomic E-state index is -0.530. The molecule has 0 aliphatic carbocycles. The maximum atomic E-state index is 11.6. The van der Waals surface area contributed by atoms with Gasteiger partial charge in [-0.15, -0.1) is 5.10 Å². The van der Waals surface area contributed by atoms with Crippen LogP contribution in [-0.4, -0.2) is 41.8 Å². The number of ether oxygens (including phenoxy) is 3. The third-order valence-corrected chi connectivity index (χ3v) is 2.81. The number of methoxy groups -OCH3 is 2. The second-order valence-corrected chi connectivity index (χ2v) is 4.19. The van der Waals surface area contributed by atoms with Gasteiger partial charge in [0.25, 0.3) is 0 Å². The summed E-state index contributed by atoms with van der Waals surface area (Å²) in [6, 6.07) is 9.46. The molecule has 2 rings (SSSR count). The molecule has 7 nitrogen and oxygen atoms in total. The maximum absolute atomic E-state index is 11.6. The van der Waals surface area contributed by atoms with Crippen molar-refractivity contribution in [2.75, 3.05) is 20.8 Å². The van der Waals surface area contributed by atoms with Gasteiger partial charge in [-0.05, 0) is 12.1 Å². The maximum Gasteiger partial charge on any atom is 0.360 e. The Balaban J connectivity index is 2.02. The molecule has 0 aliphatic rings. The van der Waals surface area contributed by atoms with Gasteiger partial charge < -0.3 is 14.2 Å². The third kappa shape index (κ3) is 3.79. The first-order valence-corrected chi connectivity index (χ1v) is 6.43. The van der Waals surface area contributed by atoms with Crippen LogP contribution in [0.1, 0.15) is 16.2 Å². The Morgan fingerprint density at radius 3 is 2.67 bits per heavy atom. The molecule has 1 aromatic carbocycles. The molecule has 0 unspecified atom stereocenters. The number of aromatic nitrogens is 3. The van der Waals surface area contributed by atoms with E-state index in [9.17, 15) is 4.79 Å². The van der Waals surface area contributed by atoms with Gasteiger partial charge in [0.1, 0.15) is 12.4 Å². The first-order chi connectivity index (χ1) is 10.3. The number of hydrogen-bond acceptors (Lipinski definition) is 6. The third-order valence-electron chi connectivity index (χ3n) is 2.81. The number of para-hydroxylation sites is 1. The van der Waals surface area contributed by atoms with Crippen molar-refractivity contribution in [1.29, 1.82) is 0 Å². The number of benzene rings is 1. The summed E-state index contributed by atoms with van der Waals surface area (Å²) in [4.78, 5) is 11.6. The van der Waals surface area contributed by atoms with E-state index in [-0.39, 0.29) is 12.3 Å². The molecular weight excluding hydrogens is 274 g/mol. The summed E-state index contributed by atoms with van der Waals surface area (Å²) in [5.74, 6) is 0.247. The van der Waals surface area contributed by atoms with Gasteiger partial charge in [-0.25, -0.2) is 9.48 Å². The Hall–Kier alpha value is -2.41. The van der Waals surface area contributed by atoms with E-state index in [0.717, 1.165) is 5.75 Å². The Bertz CT molecular complexity index is 583. The van der Waals surface area contributed by atoms with E-state index in [0.29, 0.717) is 18.8 Å². The van der Waals surface area contributed by atoms with Crippen molar-refractivity contribution in [3.63, 3.8) is 0 Å². The van der Waals surface area contributed by atoms with Crippen LogP contribution in [0.3, 0.4) is 0 Å². The number of carbonyl (C=O) groups excluding carboxylic acids is 1. The zero-order valence-electron chi connectivity index (χ0n) is 12.0. The van der Waals surface area contributed by atoms with Crippen LogP contribution in [-0.2, 0) is 22.6 Å². The van der Waals surface area contributed by atoms with E-state index in [1.54, 1.807) is 11.8 Å². The molecule has 2 aromatic rings. The Labute approximate surface area is 122 Å². The average molecular weight is 291 g/mol. The molecule has 0 spiro atoms. The van der Waals surface area contributed by atoms with E-state index in [1.165, 1.54) is 7.11 Å². The molecule has 0 bridgehead atoms. The van der Waals surface area contributed by atoms with E-state index in [1.807, 2.05) is 30.3 Å². The summed E-state index contributed by atoms with van der Waals surface area (Å²) >= 11 is 0. The lowest BCUT2D eigenvalue weighted by Crippen LogP contribution is -2.14. The molecule has 7 heteroatoms. The summed E-state index contributed by atoms with van der Waals surface area (Å²) in [5, 5.41) is 7.77. The lowest BCUT2D eigenvalue weighted by Gasteiger charge is -2.08. The van der Waals surface area contributed by atoms with Crippen molar-refractivity contribution in [1.82, 2.24) is 15.0 Å². The van der Waals surface area contributed by atoms with Crippen LogP contribution in [0.5, 0.6) is 5.75 Å². The van der Waals surface area contributed by atoms with E-state index in [2.05, 4.69) is 15.0 Å². The van der Waals surface area contributed by atoms with E-state index < -0.39 is 5.97 Å². The molecule has 0 amide bonds. The van der Waals surface area contributed by atoms with Crippen molar-refractivity contribution in [2.45, 2.75) is 13.2 Å². The van der Waals surface area contributed by atoms with Crippen LogP contribution in [0.15, 0.2) is 30.3 Å². The molecule has 0 radical (unpaired) electrons. The summed E-state index contributed by atoms with van der Waals surface area (Å²) in [6.07, 6.45) is 0. The summed E-state index contributed by atoms with van der Waals surface area (Å²) in [7, 11) is 2.84. The van der Waals surface area contributed by atoms with Crippen molar-refractivity contribution >= 4 is 5.97 Å². The smallest absolute Gasteiger partial charge is 0.360 e. The number of nitrogens with zero attached hydrogens (tertiary/aromatic N) is 3. The van der Waals surface area contributed by atoms with Crippen LogP contribution >= 0.6 is 0 Å². The Morgan fingerprint density at radius 1 is 1.24 bits per heavy atom. The monoisotopic (exact) mass is 291 g/mol. The van der Waals surface area contributed by atoms with E-state index >= 15 is 0 Å². The van der Waals surface area contributed by atoms with Crippen LogP contribution in [0.2, 0.25) is 0 Å². The highest BCUT2D eigenvalue weighted by Crippen LogP contribution is 2.10. The fourth-order valence-corrected chi connectivity index (χ4v) is 1.81. The predicted molar refractivity (Wildman–Crippen MR) is 74.0 cm³/mol. The molecule has 1 aromatic heterocycles. The minimum absolute atomic E-state index is 0.166. The summed E-state index contributed by atoms with van der Waals surface area (Å²) in [5.41, 5.74) is 0.736. The Kier molecular flexibility index (Phi) is 5.28. The lowest BCUT2D eigenvalue weighted by molar-refractivity contribution is 0.0588. The van der Waals surface area contributed by atoms with Crippen LogP contribution < -0.4 is 4.74 Å². The van der Waals surface area contributed by atoms with Gasteiger partial charge in [0, 0.05) is 7.11 Å². The van der Waals surface area contributed by atoms with Gasteiger partial charge in [0.2, 0.25) is 0 Å². The van der Waals surface area contributed by atoms with Gasteiger partial charge >= 0.3 is 5.97 Å². The molecule has 21 heavy (non-hydrogen) atoms. The first-order valence-electron chi connectivity index (χ1n) is 6.43. The van der Waals surface area contributed by atoms with Crippen molar-refractivity contribution in [2.24, 2.45) is 0 Å². The van der Waals surface area contributed by atoms with Crippen molar-refractivity contribution in [3.8, 4) is 5.75 Å². The zero-order valence-corrected chi connectivity index (χ0v) is 12.0. The molecule has 0 saturated heterocycles. The van der Waals surface area contributed by atoms with Gasteiger partial charge in [-0.3, -0.25) is 0 Å². The molecular formula is C14H17N3O4.